The number of furan rings is 1. The largest absolute Gasteiger partial charge is 0.461 e. The van der Waals surface area contributed by atoms with Gasteiger partial charge in [0.15, 0.2) is 5.11 Å². The first kappa shape index (κ1) is 19.1. The van der Waals surface area contributed by atoms with Crippen molar-refractivity contribution in [2.75, 3.05) is 4.90 Å². The maximum Gasteiger partial charge on any atom is 0.270 e. The maximum atomic E-state index is 13.1. The van der Waals surface area contributed by atoms with Gasteiger partial charge in [-0.3, -0.25) is 19.8 Å². The van der Waals surface area contributed by atoms with Crippen LogP contribution in [0.5, 0.6) is 0 Å². The number of hydrogen-bond acceptors (Lipinski definition) is 4. The van der Waals surface area contributed by atoms with E-state index in [2.05, 4.69) is 5.32 Å². The van der Waals surface area contributed by atoms with Crippen molar-refractivity contribution in [3.8, 4) is 11.3 Å². The van der Waals surface area contributed by atoms with Crippen molar-refractivity contribution >= 4 is 52.5 Å². The molecule has 1 saturated heterocycles. The summed E-state index contributed by atoms with van der Waals surface area (Å²) in [6.07, 6.45) is 1.52. The molecule has 29 heavy (non-hydrogen) atoms. The molecule has 1 aliphatic heterocycles. The molecule has 1 fully saturated rings. The number of hydrogen-bond donors (Lipinski definition) is 1. The lowest BCUT2D eigenvalue weighted by Gasteiger charge is -2.28. The number of halogens is 1. The molecule has 2 amide bonds. The van der Waals surface area contributed by atoms with E-state index in [9.17, 15) is 9.59 Å². The van der Waals surface area contributed by atoms with Crippen LogP contribution in [-0.4, -0.2) is 16.9 Å². The average molecular weight is 423 g/mol. The Morgan fingerprint density at radius 1 is 1.07 bits per heavy atom. The predicted octanol–water partition coefficient (Wildman–Crippen LogP) is 4.74. The molecule has 1 N–H and O–H groups in total. The molecule has 1 aromatic heterocycles. The van der Waals surface area contributed by atoms with E-state index in [-0.39, 0.29) is 10.7 Å². The minimum absolute atomic E-state index is 0.0216. The topological polar surface area (TPSA) is 62.6 Å². The molecule has 2 heterocycles. The third-order valence-corrected chi connectivity index (χ3v) is 5.04. The van der Waals surface area contributed by atoms with E-state index in [1.165, 1.54) is 11.0 Å². The van der Waals surface area contributed by atoms with Gasteiger partial charge >= 0.3 is 0 Å². The number of carbonyl (C=O) groups excluding carboxylic acids is 2. The zero-order chi connectivity index (χ0) is 20.5. The summed E-state index contributed by atoms with van der Waals surface area (Å²) in [5.74, 6) is 0.196. The quantitative estimate of drug-likeness (QED) is 0.376. The lowest BCUT2D eigenvalue weighted by Crippen LogP contribution is -2.54. The standard InChI is InChI=1S/C22H15ClN2O3S/c1-13-15(12-19(28-13)14-5-3-2-4-6-14)11-18-20(26)24-22(29)25(21(18)27)17-9-7-16(23)8-10-17/h2-12H,1H3,(H,24,26,29). The van der Waals surface area contributed by atoms with Crippen LogP contribution in [0.15, 0.2) is 70.7 Å². The molecule has 2 aromatic carbocycles. The van der Waals surface area contributed by atoms with Gasteiger partial charge in [-0.2, -0.15) is 0 Å². The zero-order valence-corrected chi connectivity index (χ0v) is 16.9. The fourth-order valence-electron chi connectivity index (χ4n) is 3.02. The fraction of sp³-hybridized carbons (Fsp3) is 0.0455. The Balaban J connectivity index is 1.72. The Hall–Kier alpha value is -3.22. The van der Waals surface area contributed by atoms with Gasteiger partial charge < -0.3 is 4.42 Å². The molecule has 0 spiro atoms. The second-order valence-corrected chi connectivity index (χ2v) is 7.25. The first-order valence-electron chi connectivity index (χ1n) is 8.77. The van der Waals surface area contributed by atoms with Crippen LogP contribution >= 0.6 is 23.8 Å². The van der Waals surface area contributed by atoms with Gasteiger partial charge in [-0.15, -0.1) is 0 Å². The summed E-state index contributed by atoms with van der Waals surface area (Å²) in [6, 6.07) is 18.0. The van der Waals surface area contributed by atoms with E-state index >= 15 is 0 Å². The van der Waals surface area contributed by atoms with Gasteiger partial charge in [0.05, 0.1) is 5.69 Å². The highest BCUT2D eigenvalue weighted by Gasteiger charge is 2.34. The lowest BCUT2D eigenvalue weighted by molar-refractivity contribution is -0.122. The summed E-state index contributed by atoms with van der Waals surface area (Å²) >= 11 is 11.1. The van der Waals surface area contributed by atoms with Crippen LogP contribution in [-0.2, 0) is 9.59 Å². The van der Waals surface area contributed by atoms with Gasteiger partial charge in [-0.25, -0.2) is 0 Å². The molecule has 0 unspecified atom stereocenters. The number of amides is 2. The number of rotatable bonds is 3. The van der Waals surface area contributed by atoms with Gasteiger partial charge in [-0.05, 0) is 55.5 Å². The summed E-state index contributed by atoms with van der Waals surface area (Å²) < 4.78 is 5.82. The van der Waals surface area contributed by atoms with Crippen molar-refractivity contribution in [1.82, 2.24) is 5.32 Å². The second kappa shape index (κ2) is 7.66. The van der Waals surface area contributed by atoms with Crippen LogP contribution < -0.4 is 10.2 Å². The maximum absolute atomic E-state index is 13.1. The molecule has 144 valence electrons. The minimum atomic E-state index is -0.549. The summed E-state index contributed by atoms with van der Waals surface area (Å²) in [4.78, 5) is 26.8. The lowest BCUT2D eigenvalue weighted by atomic mass is 10.1. The normalized spacial score (nSPS) is 15.7. The van der Waals surface area contributed by atoms with Gasteiger partial charge in [0.25, 0.3) is 11.8 Å². The van der Waals surface area contributed by atoms with E-state index in [0.717, 1.165) is 5.56 Å². The summed E-state index contributed by atoms with van der Waals surface area (Å²) in [5, 5.41) is 3.12. The van der Waals surface area contributed by atoms with Crippen LogP contribution in [0, 0.1) is 6.92 Å². The van der Waals surface area contributed by atoms with E-state index in [0.29, 0.717) is 27.8 Å². The first-order chi connectivity index (χ1) is 13.9. The molecule has 5 nitrogen and oxygen atoms in total. The summed E-state index contributed by atoms with van der Waals surface area (Å²) in [5.41, 5.74) is 2.04. The smallest absolute Gasteiger partial charge is 0.270 e. The number of benzene rings is 2. The SMILES string of the molecule is Cc1oc(-c2ccccc2)cc1C=C1C(=O)NC(=S)N(c2ccc(Cl)cc2)C1=O. The minimum Gasteiger partial charge on any atom is -0.461 e. The van der Waals surface area contributed by atoms with Gasteiger partial charge in [0.1, 0.15) is 17.1 Å². The molecular weight excluding hydrogens is 408 g/mol. The van der Waals surface area contributed by atoms with E-state index < -0.39 is 11.8 Å². The van der Waals surface area contributed by atoms with Crippen molar-refractivity contribution in [1.29, 1.82) is 0 Å². The number of anilines is 1. The Morgan fingerprint density at radius 3 is 2.45 bits per heavy atom. The molecule has 1 aliphatic rings. The summed E-state index contributed by atoms with van der Waals surface area (Å²) in [7, 11) is 0. The highest BCUT2D eigenvalue weighted by atomic mass is 35.5. The van der Waals surface area contributed by atoms with E-state index in [1.807, 2.05) is 30.3 Å². The van der Waals surface area contributed by atoms with Gasteiger partial charge in [-0.1, -0.05) is 41.9 Å². The Morgan fingerprint density at radius 2 is 1.76 bits per heavy atom. The van der Waals surface area contributed by atoms with Crippen LogP contribution in [0.25, 0.3) is 17.4 Å². The van der Waals surface area contributed by atoms with Crippen molar-refractivity contribution < 1.29 is 14.0 Å². The molecule has 0 aliphatic carbocycles. The van der Waals surface area contributed by atoms with Crippen LogP contribution in [0.3, 0.4) is 0 Å². The van der Waals surface area contributed by atoms with Crippen molar-refractivity contribution in [2.24, 2.45) is 0 Å². The molecular formula is C22H15ClN2O3S. The predicted molar refractivity (Wildman–Crippen MR) is 117 cm³/mol. The monoisotopic (exact) mass is 422 g/mol. The Labute approximate surface area is 177 Å². The third-order valence-electron chi connectivity index (χ3n) is 4.50. The van der Waals surface area contributed by atoms with Gasteiger partial charge in [0.2, 0.25) is 0 Å². The number of aryl methyl sites for hydroxylation is 1. The number of carbonyl (C=O) groups is 2. The first-order valence-corrected chi connectivity index (χ1v) is 9.55. The highest BCUT2D eigenvalue weighted by molar-refractivity contribution is 7.80. The van der Waals surface area contributed by atoms with Crippen LogP contribution in [0.1, 0.15) is 11.3 Å². The third kappa shape index (κ3) is 3.72. The molecule has 0 radical (unpaired) electrons. The molecule has 4 rings (SSSR count). The second-order valence-electron chi connectivity index (χ2n) is 6.42. The van der Waals surface area contributed by atoms with Crippen LogP contribution in [0.4, 0.5) is 5.69 Å². The van der Waals surface area contributed by atoms with Crippen molar-refractivity contribution in [2.45, 2.75) is 6.92 Å². The number of thiocarbonyl (C=S) groups is 1. The van der Waals surface area contributed by atoms with E-state index in [1.54, 1.807) is 37.3 Å². The summed E-state index contributed by atoms with van der Waals surface area (Å²) in [6.45, 7) is 1.78. The Kier molecular flexibility index (Phi) is 5.05. The molecule has 0 bridgehead atoms. The Bertz CT molecular complexity index is 1150. The number of nitrogens with zero attached hydrogens (tertiary/aromatic N) is 1. The highest BCUT2D eigenvalue weighted by Crippen LogP contribution is 2.28. The van der Waals surface area contributed by atoms with Crippen molar-refractivity contribution in [3.63, 3.8) is 0 Å². The molecule has 3 aromatic rings. The average Bonchev–Trinajstić information content (AvgIpc) is 3.07. The molecule has 0 atom stereocenters. The molecule has 0 saturated carbocycles. The zero-order valence-electron chi connectivity index (χ0n) is 15.3. The number of nitrogens with one attached hydrogen (secondary N) is 1. The van der Waals surface area contributed by atoms with Gasteiger partial charge in [0, 0.05) is 16.1 Å². The molecule has 7 heteroatoms. The van der Waals surface area contributed by atoms with E-state index in [4.69, 9.17) is 28.2 Å². The van der Waals surface area contributed by atoms with Crippen molar-refractivity contribution in [3.05, 3.63) is 82.6 Å². The fourth-order valence-corrected chi connectivity index (χ4v) is 3.43. The van der Waals surface area contributed by atoms with Crippen LogP contribution in [0.2, 0.25) is 5.02 Å².